The Morgan fingerprint density at radius 3 is 2.15 bits per heavy atom. The van der Waals surface area contributed by atoms with Crippen molar-refractivity contribution in [1.82, 2.24) is 4.90 Å². The topological polar surface area (TPSA) is 75.7 Å². The van der Waals surface area contributed by atoms with Crippen molar-refractivity contribution in [3.8, 4) is 0 Å². The Morgan fingerprint density at radius 1 is 1.00 bits per heavy atom. The second-order valence-electron chi connectivity index (χ2n) is 6.46. The summed E-state index contributed by atoms with van der Waals surface area (Å²) in [5.41, 5.74) is 0.933. The van der Waals surface area contributed by atoms with E-state index in [4.69, 9.17) is 4.74 Å². The number of nitrogens with one attached hydrogen (secondary N) is 1. The molecule has 1 fully saturated rings. The Kier molecular flexibility index (Phi) is 5.29. The third-order valence-electron chi connectivity index (χ3n) is 4.14. The van der Waals surface area contributed by atoms with Gasteiger partial charge in [-0.1, -0.05) is 18.2 Å². The Balaban J connectivity index is 1.71. The van der Waals surface area contributed by atoms with Crippen LogP contribution in [0, 0.1) is 0 Å². The van der Waals surface area contributed by atoms with Crippen LogP contribution in [0.3, 0.4) is 0 Å². The maximum absolute atomic E-state index is 12.6. The molecule has 2 atom stereocenters. The second kappa shape index (κ2) is 7.47. The molecule has 3 rings (SSSR count). The summed E-state index contributed by atoms with van der Waals surface area (Å²) in [4.78, 5) is 14.6. The van der Waals surface area contributed by atoms with E-state index in [0.29, 0.717) is 24.3 Å². The van der Waals surface area contributed by atoms with Crippen molar-refractivity contribution in [3.05, 3.63) is 60.2 Å². The number of carbonyl (C=O) groups excluding carboxylic acids is 1. The second-order valence-corrected chi connectivity index (χ2v) is 8.15. The first-order valence-electron chi connectivity index (χ1n) is 8.48. The quantitative estimate of drug-likeness (QED) is 0.893. The van der Waals surface area contributed by atoms with Crippen LogP contribution in [0.5, 0.6) is 0 Å². The molecule has 1 saturated heterocycles. The molecule has 0 aliphatic carbocycles. The van der Waals surface area contributed by atoms with Crippen LogP contribution < -0.4 is 4.72 Å². The summed E-state index contributed by atoms with van der Waals surface area (Å²) >= 11 is 0. The van der Waals surface area contributed by atoms with E-state index in [2.05, 4.69) is 4.72 Å². The standard InChI is InChI=1S/C19H22N2O4S/c1-14-12-21(13-15(2)25-14)19(22)16-8-10-17(11-9-16)20-26(23,24)18-6-4-3-5-7-18/h3-11,14-15,20H,12-13H2,1-2H3/t14-,15-/m0/s1. The summed E-state index contributed by atoms with van der Waals surface area (Å²) in [6.07, 6.45) is -0.000638. The van der Waals surface area contributed by atoms with E-state index in [-0.39, 0.29) is 23.0 Å². The van der Waals surface area contributed by atoms with Gasteiger partial charge in [0.05, 0.1) is 17.1 Å². The summed E-state index contributed by atoms with van der Waals surface area (Å²) in [6, 6.07) is 14.6. The smallest absolute Gasteiger partial charge is 0.261 e. The van der Waals surface area contributed by atoms with Crippen molar-refractivity contribution in [2.45, 2.75) is 31.0 Å². The lowest BCUT2D eigenvalue weighted by atomic mass is 10.1. The summed E-state index contributed by atoms with van der Waals surface area (Å²) in [5.74, 6) is -0.0792. The van der Waals surface area contributed by atoms with E-state index in [1.807, 2.05) is 13.8 Å². The van der Waals surface area contributed by atoms with Crippen molar-refractivity contribution in [2.24, 2.45) is 0 Å². The average molecular weight is 374 g/mol. The highest BCUT2D eigenvalue weighted by molar-refractivity contribution is 7.92. The van der Waals surface area contributed by atoms with E-state index in [1.165, 1.54) is 12.1 Å². The third-order valence-corrected chi connectivity index (χ3v) is 5.54. The van der Waals surface area contributed by atoms with Crippen LogP contribution in [0.4, 0.5) is 5.69 Å². The first-order chi connectivity index (χ1) is 12.3. The molecule has 0 unspecified atom stereocenters. The van der Waals surface area contributed by atoms with E-state index in [0.717, 1.165) is 0 Å². The fourth-order valence-electron chi connectivity index (χ4n) is 3.02. The summed E-state index contributed by atoms with van der Waals surface area (Å²) in [6.45, 7) is 4.98. The molecule has 0 saturated carbocycles. The van der Waals surface area contributed by atoms with Crippen LogP contribution in [0.2, 0.25) is 0 Å². The molecule has 1 heterocycles. The van der Waals surface area contributed by atoms with Gasteiger partial charge in [0.15, 0.2) is 0 Å². The molecule has 7 heteroatoms. The van der Waals surface area contributed by atoms with E-state index in [9.17, 15) is 13.2 Å². The van der Waals surface area contributed by atoms with E-state index < -0.39 is 10.0 Å². The molecule has 1 amide bonds. The van der Waals surface area contributed by atoms with Crippen molar-refractivity contribution in [1.29, 1.82) is 0 Å². The molecule has 1 aliphatic rings. The lowest BCUT2D eigenvalue weighted by molar-refractivity contribution is -0.0586. The van der Waals surface area contributed by atoms with Crippen molar-refractivity contribution in [2.75, 3.05) is 17.8 Å². The number of hydrogen-bond donors (Lipinski definition) is 1. The van der Waals surface area contributed by atoms with Gasteiger partial charge in [-0.25, -0.2) is 8.42 Å². The largest absolute Gasteiger partial charge is 0.372 e. The highest BCUT2D eigenvalue weighted by Crippen LogP contribution is 2.19. The van der Waals surface area contributed by atoms with Gasteiger partial charge >= 0.3 is 0 Å². The summed E-state index contributed by atoms with van der Waals surface area (Å²) in [7, 11) is -3.64. The normalized spacial score (nSPS) is 20.6. The van der Waals surface area contributed by atoms with Gasteiger partial charge in [0.25, 0.3) is 15.9 Å². The zero-order valence-corrected chi connectivity index (χ0v) is 15.6. The molecule has 0 aromatic heterocycles. The lowest BCUT2D eigenvalue weighted by Crippen LogP contribution is -2.48. The highest BCUT2D eigenvalue weighted by Gasteiger charge is 2.26. The number of amides is 1. The molecule has 138 valence electrons. The van der Waals surface area contributed by atoms with Crippen molar-refractivity contribution >= 4 is 21.6 Å². The Hall–Kier alpha value is -2.38. The molecule has 1 aliphatic heterocycles. The number of carbonyl (C=O) groups is 1. The highest BCUT2D eigenvalue weighted by atomic mass is 32.2. The van der Waals surface area contributed by atoms with Gasteiger partial charge in [-0.2, -0.15) is 0 Å². The molecule has 2 aromatic rings. The molecular formula is C19H22N2O4S. The van der Waals surface area contributed by atoms with Crippen LogP contribution in [0.25, 0.3) is 0 Å². The molecular weight excluding hydrogens is 352 g/mol. The lowest BCUT2D eigenvalue weighted by Gasteiger charge is -2.35. The van der Waals surface area contributed by atoms with Crippen LogP contribution in [0.15, 0.2) is 59.5 Å². The monoisotopic (exact) mass is 374 g/mol. The summed E-state index contributed by atoms with van der Waals surface area (Å²) in [5, 5.41) is 0. The van der Waals surface area contributed by atoms with E-state index in [1.54, 1.807) is 47.4 Å². The fraction of sp³-hybridized carbons (Fsp3) is 0.316. The number of ether oxygens (including phenoxy) is 1. The SMILES string of the molecule is C[C@H]1CN(C(=O)c2ccc(NS(=O)(=O)c3ccccc3)cc2)C[C@H](C)O1. The number of sulfonamides is 1. The zero-order chi connectivity index (χ0) is 18.7. The van der Waals surface area contributed by atoms with Crippen LogP contribution >= 0.6 is 0 Å². The molecule has 0 radical (unpaired) electrons. The zero-order valence-electron chi connectivity index (χ0n) is 14.8. The van der Waals surface area contributed by atoms with Crippen LogP contribution in [0.1, 0.15) is 24.2 Å². The Morgan fingerprint density at radius 2 is 1.58 bits per heavy atom. The molecule has 26 heavy (non-hydrogen) atoms. The average Bonchev–Trinajstić information content (AvgIpc) is 2.61. The first-order valence-corrected chi connectivity index (χ1v) is 9.96. The summed E-state index contributed by atoms with van der Waals surface area (Å²) < 4.78 is 32.8. The third kappa shape index (κ3) is 4.23. The predicted molar refractivity (Wildman–Crippen MR) is 99.6 cm³/mol. The molecule has 0 bridgehead atoms. The van der Waals surface area contributed by atoms with Crippen LogP contribution in [-0.4, -0.2) is 44.5 Å². The number of benzene rings is 2. The predicted octanol–water partition coefficient (Wildman–Crippen LogP) is 2.74. The van der Waals surface area contributed by atoms with Gasteiger partial charge in [0, 0.05) is 24.3 Å². The van der Waals surface area contributed by atoms with Gasteiger partial charge in [-0.3, -0.25) is 9.52 Å². The Bertz CT molecular complexity index is 856. The number of anilines is 1. The van der Waals surface area contributed by atoms with Crippen LogP contribution in [-0.2, 0) is 14.8 Å². The minimum absolute atomic E-state index is 0.000319. The minimum Gasteiger partial charge on any atom is -0.372 e. The maximum atomic E-state index is 12.6. The van der Waals surface area contributed by atoms with Gasteiger partial charge in [0.2, 0.25) is 0 Å². The molecule has 0 spiro atoms. The number of nitrogens with zero attached hydrogens (tertiary/aromatic N) is 1. The first kappa shape index (κ1) is 18.4. The van der Waals surface area contributed by atoms with Gasteiger partial charge in [-0.15, -0.1) is 0 Å². The van der Waals surface area contributed by atoms with E-state index >= 15 is 0 Å². The molecule has 2 aromatic carbocycles. The van der Waals surface area contributed by atoms with Gasteiger partial charge in [0.1, 0.15) is 0 Å². The Labute approximate surface area is 153 Å². The van der Waals surface area contributed by atoms with Crippen molar-refractivity contribution in [3.63, 3.8) is 0 Å². The molecule has 1 N–H and O–H groups in total. The minimum atomic E-state index is -3.64. The maximum Gasteiger partial charge on any atom is 0.261 e. The van der Waals surface area contributed by atoms with Gasteiger partial charge in [-0.05, 0) is 50.2 Å². The fourth-order valence-corrected chi connectivity index (χ4v) is 4.10. The van der Waals surface area contributed by atoms with Crippen molar-refractivity contribution < 1.29 is 17.9 Å². The van der Waals surface area contributed by atoms with Gasteiger partial charge < -0.3 is 9.64 Å². The number of rotatable bonds is 4. The number of hydrogen-bond acceptors (Lipinski definition) is 4. The number of morpholine rings is 1. The molecule has 6 nitrogen and oxygen atoms in total.